The van der Waals surface area contributed by atoms with Gasteiger partial charge in [-0.15, -0.1) is 11.3 Å². The van der Waals surface area contributed by atoms with Gasteiger partial charge in [0.15, 0.2) is 0 Å². The molecule has 3 heterocycles. The number of sulfonamides is 1. The number of ether oxygens (including phenoxy) is 1. The number of hydrogen-bond donors (Lipinski definition) is 3. The normalized spacial score (nSPS) is 28.1. The van der Waals surface area contributed by atoms with Crippen LogP contribution < -0.4 is 9.62 Å². The van der Waals surface area contributed by atoms with E-state index in [2.05, 4.69) is 26.7 Å². The summed E-state index contributed by atoms with van der Waals surface area (Å²) in [5.41, 5.74) is 1.16. The lowest BCUT2D eigenvalue weighted by Crippen LogP contribution is -2.57. The summed E-state index contributed by atoms with van der Waals surface area (Å²) in [6, 6.07) is 13.0. The quantitative estimate of drug-likeness (QED) is 0.556. The number of anilines is 1. The van der Waals surface area contributed by atoms with E-state index in [0.717, 1.165) is 30.1 Å². The van der Waals surface area contributed by atoms with Gasteiger partial charge in [-0.3, -0.25) is 4.90 Å². The summed E-state index contributed by atoms with van der Waals surface area (Å²) in [6.45, 7) is 2.75. The Morgan fingerprint density at radius 1 is 1.07 bits per heavy atom. The highest BCUT2D eigenvalue weighted by Crippen LogP contribution is 2.28. The summed E-state index contributed by atoms with van der Waals surface area (Å²) >= 11 is 1.15. The summed E-state index contributed by atoms with van der Waals surface area (Å²) < 4.78 is 33.6. The van der Waals surface area contributed by atoms with Gasteiger partial charge in [0, 0.05) is 38.4 Å². The molecule has 0 bridgehead atoms. The minimum atomic E-state index is -3.63. The van der Waals surface area contributed by atoms with Gasteiger partial charge in [0.2, 0.25) is 10.0 Å². The van der Waals surface area contributed by atoms with Crippen LogP contribution in [0.2, 0.25) is 0 Å². The summed E-state index contributed by atoms with van der Waals surface area (Å²) in [5.74, 6) is 0. The summed E-state index contributed by atoms with van der Waals surface area (Å²) in [6.07, 6.45) is -2.15. The van der Waals surface area contributed by atoms with E-state index in [1.54, 1.807) is 17.5 Å². The Hall–Kier alpha value is -1.53. The highest BCUT2D eigenvalue weighted by Gasteiger charge is 2.47. The maximum atomic E-state index is 12.5. The Morgan fingerprint density at radius 2 is 1.80 bits per heavy atom. The molecule has 2 aliphatic heterocycles. The van der Waals surface area contributed by atoms with Crippen LogP contribution in [0.5, 0.6) is 0 Å². The maximum Gasteiger partial charge on any atom is 0.250 e. The van der Waals surface area contributed by atoms with E-state index >= 15 is 0 Å². The van der Waals surface area contributed by atoms with Crippen molar-refractivity contribution in [2.24, 2.45) is 0 Å². The number of nitrogens with zero attached hydrogens (tertiary/aromatic N) is 2. The van der Waals surface area contributed by atoms with Crippen LogP contribution in [0.1, 0.15) is 0 Å². The average Bonchev–Trinajstić information content (AvgIpc) is 3.42. The molecule has 2 aliphatic rings. The third kappa shape index (κ3) is 4.54. The predicted octanol–water partition coefficient (Wildman–Crippen LogP) is 0.338. The number of thiophene rings is 1. The fourth-order valence-electron chi connectivity index (χ4n) is 4.19. The predicted molar refractivity (Wildman–Crippen MR) is 115 cm³/mol. The summed E-state index contributed by atoms with van der Waals surface area (Å²) in [4.78, 5) is 4.43. The molecule has 8 nitrogen and oxygen atoms in total. The van der Waals surface area contributed by atoms with Gasteiger partial charge in [-0.1, -0.05) is 24.3 Å². The van der Waals surface area contributed by atoms with Crippen LogP contribution in [0, 0.1) is 0 Å². The maximum absolute atomic E-state index is 12.5. The number of aliphatic hydroxyl groups excluding tert-OH is 2. The molecule has 1 aromatic heterocycles. The average molecular weight is 454 g/mol. The molecule has 164 valence electrons. The van der Waals surface area contributed by atoms with Crippen LogP contribution >= 0.6 is 11.3 Å². The van der Waals surface area contributed by atoms with E-state index in [9.17, 15) is 18.6 Å². The molecule has 10 heteroatoms. The first-order valence-corrected chi connectivity index (χ1v) is 12.4. The molecular formula is C20H27N3O5S2. The van der Waals surface area contributed by atoms with E-state index < -0.39 is 28.3 Å². The number of hydrogen-bond acceptors (Lipinski definition) is 8. The van der Waals surface area contributed by atoms with Gasteiger partial charge in [0.1, 0.15) is 16.4 Å². The zero-order valence-corrected chi connectivity index (χ0v) is 18.1. The molecule has 2 aromatic rings. The third-order valence-corrected chi connectivity index (χ3v) is 8.55. The minimum absolute atomic E-state index is 0.0390. The van der Waals surface area contributed by atoms with Gasteiger partial charge in [0.25, 0.3) is 0 Å². The Labute approximate surface area is 180 Å². The van der Waals surface area contributed by atoms with Crippen molar-refractivity contribution in [2.45, 2.75) is 28.6 Å². The van der Waals surface area contributed by atoms with Crippen molar-refractivity contribution in [3.63, 3.8) is 0 Å². The number of benzene rings is 1. The van der Waals surface area contributed by atoms with Crippen LogP contribution in [-0.2, 0) is 14.8 Å². The fraction of sp³-hybridized carbons (Fsp3) is 0.500. The lowest BCUT2D eigenvalue weighted by atomic mass is 10.0. The van der Waals surface area contributed by atoms with Crippen molar-refractivity contribution in [1.29, 1.82) is 0 Å². The lowest BCUT2D eigenvalue weighted by Gasteiger charge is -2.41. The largest absolute Gasteiger partial charge is 0.394 e. The van der Waals surface area contributed by atoms with E-state index in [1.165, 1.54) is 0 Å². The smallest absolute Gasteiger partial charge is 0.250 e. The van der Waals surface area contributed by atoms with E-state index in [-0.39, 0.29) is 23.4 Å². The number of nitrogens with one attached hydrogen (secondary N) is 1. The zero-order chi connectivity index (χ0) is 21.1. The van der Waals surface area contributed by atoms with Gasteiger partial charge < -0.3 is 19.8 Å². The SMILES string of the molecule is O=S(=O)(NCC1OC(CO)C(O)C1N1CCN(c2ccccc2)CC1)c1cccs1. The highest BCUT2D eigenvalue weighted by molar-refractivity contribution is 7.91. The molecule has 4 atom stereocenters. The van der Waals surface area contributed by atoms with Gasteiger partial charge in [0.05, 0.1) is 18.8 Å². The molecule has 4 unspecified atom stereocenters. The van der Waals surface area contributed by atoms with Gasteiger partial charge in [-0.05, 0) is 23.6 Å². The van der Waals surface area contributed by atoms with Crippen molar-refractivity contribution in [1.82, 2.24) is 9.62 Å². The molecule has 30 heavy (non-hydrogen) atoms. The Kier molecular flexibility index (Phi) is 6.73. The number of para-hydroxylation sites is 1. The number of rotatable bonds is 7. The topological polar surface area (TPSA) is 102 Å². The van der Waals surface area contributed by atoms with Gasteiger partial charge >= 0.3 is 0 Å². The van der Waals surface area contributed by atoms with Crippen molar-refractivity contribution in [3.8, 4) is 0 Å². The molecule has 0 aliphatic carbocycles. The molecule has 0 amide bonds. The molecule has 4 rings (SSSR count). The van der Waals surface area contributed by atoms with Crippen LogP contribution in [-0.4, -0.2) is 87.2 Å². The molecule has 2 fully saturated rings. The van der Waals surface area contributed by atoms with Crippen molar-refractivity contribution in [3.05, 3.63) is 47.8 Å². The van der Waals surface area contributed by atoms with Crippen LogP contribution in [0.3, 0.4) is 0 Å². The molecular weight excluding hydrogens is 426 g/mol. The van der Waals surface area contributed by atoms with Crippen LogP contribution in [0.25, 0.3) is 0 Å². The number of piperazine rings is 1. The van der Waals surface area contributed by atoms with E-state index in [4.69, 9.17) is 4.74 Å². The molecule has 3 N–H and O–H groups in total. The van der Waals surface area contributed by atoms with E-state index in [0.29, 0.717) is 13.1 Å². The first kappa shape index (κ1) is 21.7. The lowest BCUT2D eigenvalue weighted by molar-refractivity contribution is -0.0201. The Bertz CT molecular complexity index is 902. The standard InChI is InChI=1S/C20H27N3O5S2/c24-14-17-20(25)19(16(28-17)13-21-30(26,27)18-7-4-12-29-18)23-10-8-22(9-11-23)15-5-2-1-3-6-15/h1-7,12,16-17,19-21,24-25H,8-11,13-14H2. The van der Waals surface area contributed by atoms with Crippen LogP contribution in [0.4, 0.5) is 5.69 Å². The van der Waals surface area contributed by atoms with Gasteiger partial charge in [-0.25, -0.2) is 13.1 Å². The van der Waals surface area contributed by atoms with Crippen molar-refractivity contribution < 1.29 is 23.4 Å². The minimum Gasteiger partial charge on any atom is -0.394 e. The summed E-state index contributed by atoms with van der Waals surface area (Å²) in [5, 5.41) is 22.1. The Balaban J connectivity index is 1.42. The van der Waals surface area contributed by atoms with Gasteiger partial charge in [-0.2, -0.15) is 0 Å². The second kappa shape index (κ2) is 9.31. The van der Waals surface area contributed by atoms with Crippen molar-refractivity contribution >= 4 is 27.0 Å². The van der Waals surface area contributed by atoms with E-state index in [1.807, 2.05) is 18.2 Å². The first-order valence-electron chi connectivity index (χ1n) is 10.0. The Morgan fingerprint density at radius 3 is 2.43 bits per heavy atom. The summed E-state index contributed by atoms with van der Waals surface area (Å²) in [7, 11) is -3.63. The molecule has 1 aromatic carbocycles. The van der Waals surface area contributed by atoms with Crippen LogP contribution in [0.15, 0.2) is 52.1 Å². The fourth-order valence-corrected chi connectivity index (χ4v) is 6.28. The molecule has 0 saturated carbocycles. The molecule has 0 spiro atoms. The number of aliphatic hydroxyl groups is 2. The highest BCUT2D eigenvalue weighted by atomic mass is 32.2. The monoisotopic (exact) mass is 453 g/mol. The first-order chi connectivity index (χ1) is 14.5. The molecule has 0 radical (unpaired) electrons. The second-order valence-electron chi connectivity index (χ2n) is 7.52. The second-order valence-corrected chi connectivity index (χ2v) is 10.5. The zero-order valence-electron chi connectivity index (χ0n) is 16.5. The molecule has 2 saturated heterocycles. The third-order valence-electron chi connectivity index (χ3n) is 5.73. The van der Waals surface area contributed by atoms with Crippen molar-refractivity contribution in [2.75, 3.05) is 44.2 Å².